The first-order valence-electron chi connectivity index (χ1n) is 11.0. The van der Waals surface area contributed by atoms with E-state index in [1.807, 2.05) is 0 Å². The number of nitriles is 1. The largest absolute Gasteiger partial charge is 0.497 e. The molecule has 0 radical (unpaired) electrons. The molecule has 1 aliphatic heterocycles. The lowest BCUT2D eigenvalue weighted by molar-refractivity contribution is -0.139. The number of esters is 2. The lowest BCUT2D eigenvalue weighted by Crippen LogP contribution is -2.41. The van der Waals surface area contributed by atoms with Crippen molar-refractivity contribution in [3.8, 4) is 11.8 Å². The maximum atomic E-state index is 13.2. The van der Waals surface area contributed by atoms with Crippen LogP contribution >= 0.6 is 0 Å². The summed E-state index contributed by atoms with van der Waals surface area (Å²) < 4.78 is 15.4. The normalized spacial score (nSPS) is 15.2. The minimum absolute atomic E-state index is 0.00448. The summed E-state index contributed by atoms with van der Waals surface area (Å²) in [5, 5.41) is 12.9. The van der Waals surface area contributed by atoms with Crippen LogP contribution in [0.15, 0.2) is 71.2 Å². The Morgan fingerprint density at radius 1 is 1.06 bits per heavy atom. The molecule has 3 N–H and O–H groups in total. The van der Waals surface area contributed by atoms with Crippen molar-refractivity contribution in [3.05, 3.63) is 76.8 Å². The number of hydrogen-bond acceptors (Lipinski definition) is 9. The molecule has 0 spiro atoms. The molecule has 3 rings (SSSR count). The molecule has 0 fully saturated rings. The minimum Gasteiger partial charge on any atom is -0.497 e. The zero-order chi connectivity index (χ0) is 26.4. The molecular weight excluding hydrogens is 464 g/mol. The van der Waals surface area contributed by atoms with Gasteiger partial charge in [-0.05, 0) is 17.7 Å². The summed E-state index contributed by atoms with van der Waals surface area (Å²) in [7, 11) is 3.77. The predicted octanol–water partition coefficient (Wildman–Crippen LogP) is 2.94. The van der Waals surface area contributed by atoms with Gasteiger partial charge in [-0.1, -0.05) is 37.3 Å². The van der Waals surface area contributed by atoms with E-state index in [0.29, 0.717) is 11.3 Å². The van der Waals surface area contributed by atoms with E-state index in [-0.39, 0.29) is 46.4 Å². The lowest BCUT2D eigenvalue weighted by atomic mass is 9.81. The van der Waals surface area contributed by atoms with Crippen LogP contribution in [0.5, 0.6) is 5.75 Å². The van der Waals surface area contributed by atoms with Crippen LogP contribution in [0.4, 0.5) is 11.4 Å². The van der Waals surface area contributed by atoms with E-state index < -0.39 is 17.9 Å². The molecule has 0 aromatic heterocycles. The monoisotopic (exact) mass is 490 g/mol. The van der Waals surface area contributed by atoms with Crippen LogP contribution in [-0.2, 0) is 23.9 Å². The zero-order valence-corrected chi connectivity index (χ0v) is 20.3. The molecule has 1 amide bonds. The maximum Gasteiger partial charge on any atom is 0.355 e. The standard InChI is InChI=1S/C26H26N4O6/c1-5-20(31)29-18-12-11-16(34-2)13-19(18)30-23(26(33)36-4)22(25(32)35-3)21(17(14-27)24(30)28)15-9-7-6-8-10-15/h6-13,21H,5,28H2,1-4H3,(H,29,31). The van der Waals surface area contributed by atoms with E-state index in [1.165, 1.54) is 25.2 Å². The molecule has 0 aliphatic carbocycles. The Kier molecular flexibility index (Phi) is 7.96. The first-order valence-corrected chi connectivity index (χ1v) is 11.0. The van der Waals surface area contributed by atoms with Crippen molar-refractivity contribution in [1.29, 1.82) is 5.26 Å². The van der Waals surface area contributed by atoms with Crippen LogP contribution < -0.4 is 20.7 Å². The second-order valence-corrected chi connectivity index (χ2v) is 7.62. The van der Waals surface area contributed by atoms with Gasteiger partial charge in [0.2, 0.25) is 5.91 Å². The van der Waals surface area contributed by atoms with E-state index in [2.05, 4.69) is 11.4 Å². The summed E-state index contributed by atoms with van der Waals surface area (Å²) in [6, 6.07) is 15.5. The third kappa shape index (κ3) is 4.72. The molecule has 0 saturated heterocycles. The maximum absolute atomic E-state index is 13.2. The Bertz CT molecular complexity index is 1290. The third-order valence-electron chi connectivity index (χ3n) is 5.65. The summed E-state index contributed by atoms with van der Waals surface area (Å²) in [6.45, 7) is 1.68. The highest BCUT2D eigenvalue weighted by Crippen LogP contribution is 2.45. The van der Waals surface area contributed by atoms with Crippen LogP contribution in [0, 0.1) is 11.3 Å². The molecule has 0 saturated carbocycles. The van der Waals surface area contributed by atoms with E-state index in [9.17, 15) is 19.6 Å². The van der Waals surface area contributed by atoms with Gasteiger partial charge in [0.1, 0.15) is 17.3 Å². The van der Waals surface area contributed by atoms with E-state index in [4.69, 9.17) is 19.9 Å². The zero-order valence-electron chi connectivity index (χ0n) is 20.3. The van der Waals surface area contributed by atoms with Crippen molar-refractivity contribution in [2.24, 2.45) is 5.73 Å². The molecule has 36 heavy (non-hydrogen) atoms. The molecule has 2 aromatic carbocycles. The molecular formula is C26H26N4O6. The van der Waals surface area contributed by atoms with Gasteiger partial charge in [0, 0.05) is 12.5 Å². The molecule has 186 valence electrons. The van der Waals surface area contributed by atoms with Crippen molar-refractivity contribution in [3.63, 3.8) is 0 Å². The van der Waals surface area contributed by atoms with Crippen molar-refractivity contribution < 1.29 is 28.6 Å². The molecule has 1 heterocycles. The number of benzene rings is 2. The van der Waals surface area contributed by atoms with Crippen LogP contribution in [0.2, 0.25) is 0 Å². The number of nitrogens with one attached hydrogen (secondary N) is 1. The summed E-state index contributed by atoms with van der Waals surface area (Å²) in [4.78, 5) is 39.9. The van der Waals surface area contributed by atoms with Crippen molar-refractivity contribution in [2.45, 2.75) is 19.3 Å². The Morgan fingerprint density at radius 3 is 2.28 bits per heavy atom. The topological polar surface area (TPSA) is 144 Å². The molecule has 10 heteroatoms. The van der Waals surface area contributed by atoms with E-state index in [1.54, 1.807) is 49.4 Å². The first-order chi connectivity index (χ1) is 17.3. The highest BCUT2D eigenvalue weighted by Gasteiger charge is 2.43. The van der Waals surface area contributed by atoms with Gasteiger partial charge >= 0.3 is 11.9 Å². The van der Waals surface area contributed by atoms with Crippen LogP contribution in [0.1, 0.15) is 24.8 Å². The van der Waals surface area contributed by atoms with E-state index in [0.717, 1.165) is 7.11 Å². The highest BCUT2D eigenvalue weighted by atomic mass is 16.5. The number of nitrogens with zero attached hydrogens (tertiary/aromatic N) is 2. The number of anilines is 2. The second kappa shape index (κ2) is 11.1. The fourth-order valence-electron chi connectivity index (χ4n) is 3.93. The van der Waals surface area contributed by atoms with Crippen LogP contribution in [0.3, 0.4) is 0 Å². The average molecular weight is 491 g/mol. The van der Waals surface area contributed by atoms with Gasteiger partial charge in [-0.15, -0.1) is 0 Å². The quantitative estimate of drug-likeness (QED) is 0.560. The molecule has 1 aliphatic rings. The van der Waals surface area contributed by atoms with Gasteiger partial charge in [-0.2, -0.15) is 5.26 Å². The minimum atomic E-state index is -1.01. The second-order valence-electron chi connectivity index (χ2n) is 7.62. The summed E-state index contributed by atoms with van der Waals surface area (Å²) in [6.07, 6.45) is 0.184. The number of carbonyl (C=O) groups is 3. The van der Waals surface area contributed by atoms with Crippen LogP contribution in [-0.4, -0.2) is 39.2 Å². The van der Waals surface area contributed by atoms with Gasteiger partial charge in [0.15, 0.2) is 0 Å². The lowest BCUT2D eigenvalue weighted by Gasteiger charge is -2.36. The Hall–Kier alpha value is -4.78. The first kappa shape index (κ1) is 25.8. The van der Waals surface area contributed by atoms with Crippen molar-refractivity contribution in [2.75, 3.05) is 31.5 Å². The van der Waals surface area contributed by atoms with Gasteiger partial charge in [0.25, 0.3) is 0 Å². The summed E-state index contributed by atoms with van der Waals surface area (Å²) in [5.41, 5.74) is 7.15. The number of methoxy groups -OCH3 is 3. The van der Waals surface area contributed by atoms with Gasteiger partial charge in [0.05, 0.1) is 55.8 Å². The van der Waals surface area contributed by atoms with E-state index >= 15 is 0 Å². The van der Waals surface area contributed by atoms with Gasteiger partial charge in [-0.25, -0.2) is 9.59 Å². The Labute approximate surface area is 208 Å². The number of hydrogen-bond donors (Lipinski definition) is 2. The molecule has 2 aromatic rings. The molecule has 10 nitrogen and oxygen atoms in total. The van der Waals surface area contributed by atoms with Crippen molar-refractivity contribution >= 4 is 29.2 Å². The summed E-state index contributed by atoms with van der Waals surface area (Å²) in [5.74, 6) is -2.81. The number of carbonyl (C=O) groups excluding carboxylic acids is 3. The molecule has 1 atom stereocenters. The average Bonchev–Trinajstić information content (AvgIpc) is 2.92. The van der Waals surface area contributed by atoms with Crippen LogP contribution in [0.25, 0.3) is 0 Å². The fraction of sp³-hybridized carbons (Fsp3) is 0.231. The number of rotatable bonds is 7. The highest BCUT2D eigenvalue weighted by molar-refractivity contribution is 6.07. The third-order valence-corrected chi connectivity index (χ3v) is 5.65. The fourth-order valence-corrected chi connectivity index (χ4v) is 3.93. The van der Waals surface area contributed by atoms with Crippen molar-refractivity contribution in [1.82, 2.24) is 0 Å². The Balaban J connectivity index is 2.45. The van der Waals surface area contributed by atoms with Gasteiger partial charge < -0.3 is 25.3 Å². The smallest absolute Gasteiger partial charge is 0.355 e. The Morgan fingerprint density at radius 2 is 1.72 bits per heavy atom. The predicted molar refractivity (Wildman–Crippen MR) is 131 cm³/mol. The molecule has 0 bridgehead atoms. The number of nitrogens with two attached hydrogens (primary N) is 1. The number of allylic oxidation sites excluding steroid dienone is 1. The number of amides is 1. The number of ether oxygens (including phenoxy) is 3. The molecule has 1 unspecified atom stereocenters. The SMILES string of the molecule is CCC(=O)Nc1ccc(OC)cc1N1C(N)=C(C#N)C(c2ccccc2)C(C(=O)OC)=C1C(=O)OC. The summed E-state index contributed by atoms with van der Waals surface area (Å²) >= 11 is 0. The van der Waals surface area contributed by atoms with Gasteiger partial charge in [-0.3, -0.25) is 9.69 Å².